The molecule has 2 aromatic rings. The van der Waals surface area contributed by atoms with Crippen LogP contribution in [0.2, 0.25) is 0 Å². The van der Waals surface area contributed by atoms with E-state index in [0.717, 1.165) is 41.8 Å². The van der Waals surface area contributed by atoms with E-state index in [1.54, 1.807) is 0 Å². The molecule has 0 saturated carbocycles. The van der Waals surface area contributed by atoms with Crippen molar-refractivity contribution in [3.05, 3.63) is 64.7 Å². The van der Waals surface area contributed by atoms with Crippen molar-refractivity contribution in [2.45, 2.75) is 64.9 Å². The minimum atomic E-state index is -4.47. The van der Waals surface area contributed by atoms with E-state index in [9.17, 15) is 27.9 Å². The van der Waals surface area contributed by atoms with Gasteiger partial charge in [0.2, 0.25) is 11.8 Å². The van der Waals surface area contributed by atoms with Crippen molar-refractivity contribution in [3.63, 3.8) is 0 Å². The largest absolute Gasteiger partial charge is 0.416 e. The van der Waals surface area contributed by atoms with Crippen molar-refractivity contribution >= 4 is 17.5 Å². The van der Waals surface area contributed by atoms with Crippen LogP contribution in [0.1, 0.15) is 48.4 Å². The van der Waals surface area contributed by atoms with Crippen molar-refractivity contribution in [3.8, 4) is 0 Å². The molecule has 0 aromatic heterocycles. The molecule has 0 unspecified atom stereocenters. The topological polar surface area (TPSA) is 90.5 Å². The number of benzene rings is 2. The van der Waals surface area contributed by atoms with Gasteiger partial charge in [-0.2, -0.15) is 13.2 Å². The molecule has 0 aliphatic heterocycles. The lowest BCUT2D eigenvalue weighted by atomic mass is 10.0. The molecule has 2 aromatic carbocycles. The van der Waals surface area contributed by atoms with E-state index >= 15 is 0 Å². The molecule has 186 valence electrons. The number of nitrogens with one attached hydrogen (secondary N) is 3. The maximum absolute atomic E-state index is 12.7. The van der Waals surface area contributed by atoms with Gasteiger partial charge in [0, 0.05) is 18.8 Å². The van der Waals surface area contributed by atoms with Crippen molar-refractivity contribution < 1.29 is 27.9 Å². The smallest absolute Gasteiger partial charge is 0.391 e. The summed E-state index contributed by atoms with van der Waals surface area (Å²) in [4.78, 5) is 24.6. The van der Waals surface area contributed by atoms with Gasteiger partial charge in [-0.15, -0.1) is 0 Å². The molecule has 0 aliphatic rings. The Morgan fingerprint density at radius 2 is 1.71 bits per heavy atom. The fraction of sp³-hybridized carbons (Fsp3) is 0.440. The molecule has 2 rings (SSSR count). The fourth-order valence-electron chi connectivity index (χ4n) is 3.54. The highest BCUT2D eigenvalue weighted by Gasteiger charge is 2.30. The number of hydrogen-bond acceptors (Lipinski definition) is 4. The summed E-state index contributed by atoms with van der Waals surface area (Å²) in [5.41, 5.74) is 2.74. The molecule has 0 heterocycles. The first kappa shape index (κ1) is 27.3. The number of aliphatic hydroxyl groups excluding tert-OH is 1. The molecule has 2 amide bonds. The summed E-state index contributed by atoms with van der Waals surface area (Å²) in [7, 11) is 0. The Bertz CT molecular complexity index is 962. The zero-order valence-corrected chi connectivity index (χ0v) is 19.6. The number of anilines is 1. The monoisotopic (exact) mass is 479 g/mol. The predicted octanol–water partition coefficient (Wildman–Crippen LogP) is 4.09. The molecule has 0 bridgehead atoms. The minimum Gasteiger partial charge on any atom is -0.391 e. The molecule has 0 spiro atoms. The zero-order chi connectivity index (χ0) is 25.3. The average molecular weight is 480 g/mol. The number of hydrogen-bond donors (Lipinski definition) is 4. The molecule has 0 fully saturated rings. The molecule has 9 heteroatoms. The highest BCUT2D eigenvalue weighted by molar-refractivity contribution is 6.03. The maximum Gasteiger partial charge on any atom is 0.416 e. The molecule has 0 saturated heterocycles. The van der Waals surface area contributed by atoms with Crippen molar-refractivity contribution in [2.24, 2.45) is 0 Å². The average Bonchev–Trinajstić information content (AvgIpc) is 2.74. The molecular weight excluding hydrogens is 447 g/mol. The zero-order valence-electron chi connectivity index (χ0n) is 19.6. The van der Waals surface area contributed by atoms with Gasteiger partial charge < -0.3 is 21.1 Å². The highest BCUT2D eigenvalue weighted by atomic mass is 19.4. The number of aliphatic hydroxyl groups is 1. The third kappa shape index (κ3) is 8.79. The lowest BCUT2D eigenvalue weighted by molar-refractivity contribution is -0.137. The van der Waals surface area contributed by atoms with Crippen LogP contribution in [0.5, 0.6) is 0 Å². The number of aryl methyl sites for hydroxylation is 2. The van der Waals surface area contributed by atoms with E-state index in [1.165, 1.54) is 5.56 Å². The number of halogens is 3. The molecule has 6 nitrogen and oxygen atoms in total. The molecule has 4 N–H and O–H groups in total. The van der Waals surface area contributed by atoms with Crippen LogP contribution in [0.15, 0.2) is 42.5 Å². The van der Waals surface area contributed by atoms with Crippen LogP contribution in [0.25, 0.3) is 0 Å². The normalized spacial score (nSPS) is 13.3. The van der Waals surface area contributed by atoms with E-state index < -0.39 is 42.1 Å². The third-order valence-corrected chi connectivity index (χ3v) is 5.39. The Morgan fingerprint density at radius 1 is 1.03 bits per heavy atom. The highest BCUT2D eigenvalue weighted by Crippen LogP contribution is 2.29. The first-order valence-electron chi connectivity index (χ1n) is 11.2. The number of alkyl halides is 3. The van der Waals surface area contributed by atoms with Crippen LogP contribution in [0.4, 0.5) is 18.9 Å². The fourth-order valence-corrected chi connectivity index (χ4v) is 3.54. The molecule has 2 atom stereocenters. The SMILES string of the molecule is CCC[C@H](O)[C@H](CNCc1ccc(C)cc1C)NC(=O)CC(=O)Nc1ccc(C(F)(F)F)cc1. The lowest BCUT2D eigenvalue weighted by Gasteiger charge is -2.24. The second-order valence-electron chi connectivity index (χ2n) is 8.39. The summed E-state index contributed by atoms with van der Waals surface area (Å²) in [5.74, 6) is -1.25. The summed E-state index contributed by atoms with van der Waals surface area (Å²) in [6, 6.07) is 9.49. The minimum absolute atomic E-state index is 0.156. The van der Waals surface area contributed by atoms with Crippen LogP contribution in [-0.2, 0) is 22.3 Å². The Morgan fingerprint density at radius 3 is 2.29 bits per heavy atom. The van der Waals surface area contributed by atoms with E-state index in [-0.39, 0.29) is 5.69 Å². The molecule has 0 aliphatic carbocycles. The number of carbonyl (C=O) groups excluding carboxylic acids is 2. The second-order valence-corrected chi connectivity index (χ2v) is 8.39. The van der Waals surface area contributed by atoms with E-state index in [4.69, 9.17) is 0 Å². The van der Waals surface area contributed by atoms with Gasteiger partial charge in [-0.3, -0.25) is 9.59 Å². The first-order chi connectivity index (χ1) is 16.0. The van der Waals surface area contributed by atoms with E-state index in [0.29, 0.717) is 19.5 Å². The Labute approximate surface area is 197 Å². The quantitative estimate of drug-likeness (QED) is 0.366. The van der Waals surface area contributed by atoms with Crippen LogP contribution in [0.3, 0.4) is 0 Å². The van der Waals surface area contributed by atoms with Gasteiger partial charge in [-0.05, 0) is 55.7 Å². The van der Waals surface area contributed by atoms with Gasteiger partial charge in [-0.25, -0.2) is 0 Å². The van der Waals surface area contributed by atoms with Crippen LogP contribution in [0, 0.1) is 13.8 Å². The van der Waals surface area contributed by atoms with E-state index in [2.05, 4.69) is 22.0 Å². The second kappa shape index (κ2) is 12.5. The van der Waals surface area contributed by atoms with Crippen molar-refractivity contribution in [2.75, 3.05) is 11.9 Å². The van der Waals surface area contributed by atoms with Gasteiger partial charge >= 0.3 is 6.18 Å². The lowest BCUT2D eigenvalue weighted by Crippen LogP contribution is -2.49. The summed E-state index contributed by atoms with van der Waals surface area (Å²) >= 11 is 0. The maximum atomic E-state index is 12.7. The van der Waals surface area contributed by atoms with Crippen molar-refractivity contribution in [1.82, 2.24) is 10.6 Å². The molecule has 34 heavy (non-hydrogen) atoms. The molecule has 0 radical (unpaired) electrons. The summed E-state index contributed by atoms with van der Waals surface area (Å²) in [6.45, 7) is 6.82. The summed E-state index contributed by atoms with van der Waals surface area (Å²) < 4.78 is 38.0. The number of carbonyl (C=O) groups is 2. The predicted molar refractivity (Wildman–Crippen MR) is 125 cm³/mol. The van der Waals surface area contributed by atoms with Gasteiger partial charge in [-0.1, -0.05) is 37.1 Å². The van der Waals surface area contributed by atoms with Crippen LogP contribution < -0.4 is 16.0 Å². The van der Waals surface area contributed by atoms with E-state index in [1.807, 2.05) is 32.9 Å². The van der Waals surface area contributed by atoms with Crippen molar-refractivity contribution in [1.29, 1.82) is 0 Å². The Kier molecular flexibility index (Phi) is 10.1. The van der Waals surface area contributed by atoms with Crippen LogP contribution >= 0.6 is 0 Å². The van der Waals surface area contributed by atoms with Gasteiger partial charge in [0.25, 0.3) is 0 Å². The summed E-state index contributed by atoms with van der Waals surface area (Å²) in [6.07, 6.45) is -4.58. The first-order valence-corrected chi connectivity index (χ1v) is 11.2. The van der Waals surface area contributed by atoms with Gasteiger partial charge in [0.1, 0.15) is 6.42 Å². The number of amides is 2. The third-order valence-electron chi connectivity index (χ3n) is 5.39. The molecular formula is C25H32F3N3O3. The van der Waals surface area contributed by atoms with Gasteiger partial charge in [0.15, 0.2) is 0 Å². The summed E-state index contributed by atoms with van der Waals surface area (Å²) in [5, 5.41) is 18.8. The number of rotatable bonds is 11. The Balaban J connectivity index is 1.90. The standard InChI is InChI=1S/C25H32F3N3O3/c1-4-5-22(32)21(15-29-14-18-7-6-16(2)12-17(18)3)31-24(34)13-23(33)30-20-10-8-19(9-11-20)25(26,27)28/h6-12,21-22,29,32H,4-5,13-15H2,1-3H3,(H,30,33)(H,31,34)/t21-,22-/m0/s1. The Hall–Kier alpha value is -2.91. The van der Waals surface area contributed by atoms with Crippen LogP contribution in [-0.4, -0.2) is 35.6 Å². The van der Waals surface area contributed by atoms with Gasteiger partial charge in [0.05, 0.1) is 17.7 Å².